The zero-order chi connectivity index (χ0) is 11.5. The van der Waals surface area contributed by atoms with Gasteiger partial charge < -0.3 is 15.1 Å². The fourth-order valence-corrected chi connectivity index (χ4v) is 4.02. The van der Waals surface area contributed by atoms with Crippen LogP contribution < -0.4 is 5.32 Å². The van der Waals surface area contributed by atoms with Crippen LogP contribution in [0, 0.1) is 5.92 Å². The molecule has 17 heavy (non-hydrogen) atoms. The van der Waals surface area contributed by atoms with Crippen LogP contribution >= 0.6 is 0 Å². The maximum atomic E-state index is 3.46. The van der Waals surface area contributed by atoms with Crippen LogP contribution in [0.25, 0.3) is 0 Å². The minimum Gasteiger partial charge on any atom is -0.314 e. The third kappa shape index (κ3) is 2.83. The highest BCUT2D eigenvalue weighted by molar-refractivity contribution is 4.89. The summed E-state index contributed by atoms with van der Waals surface area (Å²) in [5.74, 6) is 0.960. The molecule has 0 bridgehead atoms. The predicted molar refractivity (Wildman–Crippen MR) is 71.2 cm³/mol. The summed E-state index contributed by atoms with van der Waals surface area (Å²) in [5, 5.41) is 3.46. The van der Waals surface area contributed by atoms with E-state index in [0.29, 0.717) is 0 Å². The molecule has 0 aromatic rings. The van der Waals surface area contributed by atoms with Crippen molar-refractivity contribution in [2.45, 2.75) is 38.1 Å². The largest absolute Gasteiger partial charge is 0.314 e. The van der Waals surface area contributed by atoms with Gasteiger partial charge in [0.25, 0.3) is 0 Å². The van der Waals surface area contributed by atoms with Crippen LogP contribution in [-0.2, 0) is 0 Å². The summed E-state index contributed by atoms with van der Waals surface area (Å²) in [7, 11) is 0. The second kappa shape index (κ2) is 5.68. The normalized spacial score (nSPS) is 36.7. The summed E-state index contributed by atoms with van der Waals surface area (Å²) in [6.45, 7) is 9.04. The smallest absolute Gasteiger partial charge is 0.0136 e. The molecule has 3 aliphatic heterocycles. The first kappa shape index (κ1) is 11.9. The highest BCUT2D eigenvalue weighted by Gasteiger charge is 2.33. The number of nitrogens with zero attached hydrogens (tertiary/aromatic N) is 2. The van der Waals surface area contributed by atoms with Crippen molar-refractivity contribution in [1.29, 1.82) is 0 Å². The first-order chi connectivity index (χ1) is 8.43. The van der Waals surface area contributed by atoms with E-state index in [1.54, 1.807) is 0 Å². The molecule has 2 atom stereocenters. The SMILES string of the molecule is C1CCN2CCC[C@@H](CN3CCNCC3)[C@@H]2C1. The van der Waals surface area contributed by atoms with Gasteiger partial charge in [-0.2, -0.15) is 0 Å². The van der Waals surface area contributed by atoms with Crippen molar-refractivity contribution < 1.29 is 0 Å². The van der Waals surface area contributed by atoms with Crippen LogP contribution in [0.2, 0.25) is 0 Å². The second-order valence-electron chi connectivity index (χ2n) is 6.05. The predicted octanol–water partition coefficient (Wildman–Crippen LogP) is 1.16. The maximum absolute atomic E-state index is 3.46. The van der Waals surface area contributed by atoms with Crippen molar-refractivity contribution in [2.75, 3.05) is 45.8 Å². The molecule has 3 rings (SSSR count). The minimum atomic E-state index is 0.924. The van der Waals surface area contributed by atoms with Gasteiger partial charge in [-0.15, -0.1) is 0 Å². The van der Waals surface area contributed by atoms with Crippen molar-refractivity contribution in [3.63, 3.8) is 0 Å². The number of fused-ring (bicyclic) bond motifs is 1. The fraction of sp³-hybridized carbons (Fsp3) is 1.00. The average Bonchev–Trinajstić information content (AvgIpc) is 2.40. The Morgan fingerprint density at radius 1 is 0.882 bits per heavy atom. The van der Waals surface area contributed by atoms with Crippen LogP contribution in [0.1, 0.15) is 32.1 Å². The van der Waals surface area contributed by atoms with Crippen molar-refractivity contribution in [3.05, 3.63) is 0 Å². The van der Waals surface area contributed by atoms with E-state index in [1.165, 1.54) is 77.9 Å². The number of piperidine rings is 2. The second-order valence-corrected chi connectivity index (χ2v) is 6.05. The first-order valence-corrected chi connectivity index (χ1v) is 7.60. The van der Waals surface area contributed by atoms with Gasteiger partial charge in [0, 0.05) is 38.8 Å². The van der Waals surface area contributed by atoms with Crippen LogP contribution in [-0.4, -0.2) is 61.7 Å². The Hall–Kier alpha value is -0.120. The maximum Gasteiger partial charge on any atom is 0.0136 e. The molecule has 0 aromatic carbocycles. The molecule has 3 heteroatoms. The van der Waals surface area contributed by atoms with Crippen molar-refractivity contribution >= 4 is 0 Å². The van der Waals surface area contributed by atoms with E-state index in [4.69, 9.17) is 0 Å². The van der Waals surface area contributed by atoms with Gasteiger partial charge in [0.2, 0.25) is 0 Å². The van der Waals surface area contributed by atoms with Gasteiger partial charge in [0.15, 0.2) is 0 Å². The highest BCUT2D eigenvalue weighted by atomic mass is 15.2. The van der Waals surface area contributed by atoms with Crippen LogP contribution in [0.4, 0.5) is 0 Å². The molecule has 3 aliphatic rings. The van der Waals surface area contributed by atoms with Crippen LogP contribution in [0.3, 0.4) is 0 Å². The number of hydrogen-bond acceptors (Lipinski definition) is 3. The van der Waals surface area contributed by atoms with E-state index in [9.17, 15) is 0 Å². The van der Waals surface area contributed by atoms with Gasteiger partial charge in [-0.3, -0.25) is 0 Å². The van der Waals surface area contributed by atoms with Gasteiger partial charge in [0.05, 0.1) is 0 Å². The molecule has 3 nitrogen and oxygen atoms in total. The summed E-state index contributed by atoms with van der Waals surface area (Å²) in [4.78, 5) is 5.49. The summed E-state index contributed by atoms with van der Waals surface area (Å²) in [6, 6.07) is 0.924. The van der Waals surface area contributed by atoms with Crippen molar-refractivity contribution in [1.82, 2.24) is 15.1 Å². The van der Waals surface area contributed by atoms with Crippen molar-refractivity contribution in [2.24, 2.45) is 5.92 Å². The molecule has 0 aliphatic carbocycles. The van der Waals surface area contributed by atoms with Crippen molar-refractivity contribution in [3.8, 4) is 0 Å². The van der Waals surface area contributed by atoms with E-state index in [0.717, 1.165) is 12.0 Å². The Labute approximate surface area is 106 Å². The number of nitrogens with one attached hydrogen (secondary N) is 1. The third-order valence-corrected chi connectivity index (χ3v) is 4.93. The number of piperazine rings is 1. The summed E-state index contributed by atoms with van der Waals surface area (Å²) >= 11 is 0. The molecule has 0 amide bonds. The lowest BCUT2D eigenvalue weighted by molar-refractivity contribution is 0.0383. The molecule has 0 spiro atoms. The Bertz CT molecular complexity index is 236. The molecule has 0 unspecified atom stereocenters. The Balaban J connectivity index is 1.56. The van der Waals surface area contributed by atoms with E-state index >= 15 is 0 Å². The Morgan fingerprint density at radius 2 is 1.71 bits per heavy atom. The average molecular weight is 237 g/mol. The van der Waals surface area contributed by atoms with E-state index in [2.05, 4.69) is 15.1 Å². The molecule has 0 saturated carbocycles. The minimum absolute atomic E-state index is 0.924. The van der Waals surface area contributed by atoms with Gasteiger partial charge in [-0.05, 0) is 44.7 Å². The first-order valence-electron chi connectivity index (χ1n) is 7.60. The molecule has 3 saturated heterocycles. The van der Waals surface area contributed by atoms with E-state index < -0.39 is 0 Å². The quantitative estimate of drug-likeness (QED) is 0.777. The van der Waals surface area contributed by atoms with Gasteiger partial charge in [0.1, 0.15) is 0 Å². The topological polar surface area (TPSA) is 18.5 Å². The third-order valence-electron chi connectivity index (χ3n) is 4.93. The lowest BCUT2D eigenvalue weighted by atomic mass is 9.83. The van der Waals surface area contributed by atoms with Gasteiger partial charge >= 0.3 is 0 Å². The summed E-state index contributed by atoms with van der Waals surface area (Å²) < 4.78 is 0. The van der Waals surface area contributed by atoms with Gasteiger partial charge in [-0.1, -0.05) is 6.42 Å². The highest BCUT2D eigenvalue weighted by Crippen LogP contribution is 2.31. The zero-order valence-electron chi connectivity index (χ0n) is 11.0. The van der Waals surface area contributed by atoms with E-state index in [1.807, 2.05) is 0 Å². The Morgan fingerprint density at radius 3 is 2.59 bits per heavy atom. The molecule has 3 fully saturated rings. The molecule has 98 valence electrons. The molecular weight excluding hydrogens is 210 g/mol. The fourth-order valence-electron chi connectivity index (χ4n) is 4.02. The summed E-state index contributed by atoms with van der Waals surface area (Å²) in [6.07, 6.45) is 7.30. The molecule has 0 aromatic heterocycles. The standard InChI is InChI=1S/C14H27N3/c1-2-8-17-9-3-4-13(14(17)5-1)12-16-10-6-15-7-11-16/h13-15H,1-12H2/t13-,14-/m0/s1. The molecule has 0 radical (unpaired) electrons. The monoisotopic (exact) mass is 237 g/mol. The Kier molecular flexibility index (Phi) is 3.99. The zero-order valence-corrected chi connectivity index (χ0v) is 11.0. The number of hydrogen-bond donors (Lipinski definition) is 1. The molecular formula is C14H27N3. The lowest BCUT2D eigenvalue weighted by Crippen LogP contribution is -2.53. The summed E-state index contributed by atoms with van der Waals surface area (Å²) in [5.41, 5.74) is 0. The van der Waals surface area contributed by atoms with Gasteiger partial charge in [-0.25, -0.2) is 0 Å². The lowest BCUT2D eigenvalue weighted by Gasteiger charge is -2.46. The van der Waals surface area contributed by atoms with Crippen LogP contribution in [0.5, 0.6) is 0 Å². The number of rotatable bonds is 2. The molecule has 1 N–H and O–H groups in total. The molecule has 3 heterocycles. The van der Waals surface area contributed by atoms with E-state index in [-0.39, 0.29) is 0 Å². The van der Waals surface area contributed by atoms with Crippen LogP contribution in [0.15, 0.2) is 0 Å².